The van der Waals surface area contributed by atoms with Gasteiger partial charge in [-0.05, 0) is 35.4 Å². The highest BCUT2D eigenvalue weighted by Gasteiger charge is 2.14. The van der Waals surface area contributed by atoms with Crippen molar-refractivity contribution >= 4 is 0 Å². The van der Waals surface area contributed by atoms with Gasteiger partial charge >= 0.3 is 0 Å². The van der Waals surface area contributed by atoms with E-state index in [1.165, 1.54) is 23.1 Å². The van der Waals surface area contributed by atoms with Crippen molar-refractivity contribution in [1.82, 2.24) is 0 Å². The van der Waals surface area contributed by atoms with Crippen LogP contribution >= 0.6 is 0 Å². The van der Waals surface area contributed by atoms with Gasteiger partial charge in [-0.1, -0.05) is 32.0 Å². The average Bonchev–Trinajstić information content (AvgIpc) is 2.72. The van der Waals surface area contributed by atoms with Gasteiger partial charge < -0.3 is 10.5 Å². The van der Waals surface area contributed by atoms with Crippen molar-refractivity contribution in [3.05, 3.63) is 34.9 Å². The Kier molecular flexibility index (Phi) is 3.62. The second-order valence-electron chi connectivity index (χ2n) is 5.10. The predicted molar refractivity (Wildman–Crippen MR) is 65.9 cm³/mol. The minimum Gasteiger partial charge on any atom is -0.372 e. The number of hydrogen-bond acceptors (Lipinski definition) is 2. The van der Waals surface area contributed by atoms with Crippen LogP contribution in [0.4, 0.5) is 0 Å². The summed E-state index contributed by atoms with van der Waals surface area (Å²) in [7, 11) is 0. The molecule has 16 heavy (non-hydrogen) atoms. The fraction of sp³-hybridized carbons (Fsp3) is 0.571. The van der Waals surface area contributed by atoms with E-state index in [-0.39, 0.29) is 6.04 Å². The van der Waals surface area contributed by atoms with Gasteiger partial charge in [-0.15, -0.1) is 0 Å². The number of nitrogens with two attached hydrogens (primary N) is 1. The Bertz CT molecular complexity index is 360. The van der Waals surface area contributed by atoms with Crippen molar-refractivity contribution in [3.63, 3.8) is 0 Å². The Labute approximate surface area is 97.8 Å². The predicted octanol–water partition coefficient (Wildman–Crippen LogP) is 3.15. The molecule has 0 aliphatic carbocycles. The molecule has 0 amide bonds. The molecule has 0 saturated heterocycles. The normalized spacial score (nSPS) is 16.5. The molecular weight excluding hydrogens is 198 g/mol. The number of rotatable bonds is 4. The minimum absolute atomic E-state index is 0.174. The first kappa shape index (κ1) is 11.6. The molecule has 0 radical (unpaired) electrons. The summed E-state index contributed by atoms with van der Waals surface area (Å²) in [5.74, 6) is 0.726. The third-order valence-corrected chi connectivity index (χ3v) is 3.23. The summed E-state index contributed by atoms with van der Waals surface area (Å²) in [4.78, 5) is 0. The fourth-order valence-electron chi connectivity index (χ4n) is 2.10. The zero-order valence-electron chi connectivity index (χ0n) is 10.2. The maximum Gasteiger partial charge on any atom is 0.0725 e. The molecule has 1 atom stereocenters. The van der Waals surface area contributed by atoms with E-state index in [4.69, 9.17) is 10.5 Å². The Balaban J connectivity index is 2.03. The molecule has 1 aromatic carbocycles. The van der Waals surface area contributed by atoms with E-state index >= 15 is 0 Å². The van der Waals surface area contributed by atoms with Crippen LogP contribution in [0.25, 0.3) is 0 Å². The minimum atomic E-state index is 0.174. The van der Waals surface area contributed by atoms with E-state index in [0.717, 1.165) is 25.6 Å². The van der Waals surface area contributed by atoms with Crippen molar-refractivity contribution in [2.75, 3.05) is 0 Å². The summed E-state index contributed by atoms with van der Waals surface area (Å²) >= 11 is 0. The SMILES string of the molecule is CC(C)CCC(N)c1ccc2c(c1)COC2. The van der Waals surface area contributed by atoms with Crippen LogP contribution in [-0.2, 0) is 18.0 Å². The van der Waals surface area contributed by atoms with Gasteiger partial charge in [0.2, 0.25) is 0 Å². The van der Waals surface area contributed by atoms with Gasteiger partial charge in [0.15, 0.2) is 0 Å². The van der Waals surface area contributed by atoms with Gasteiger partial charge in [-0.3, -0.25) is 0 Å². The van der Waals surface area contributed by atoms with E-state index < -0.39 is 0 Å². The lowest BCUT2D eigenvalue weighted by atomic mass is 9.96. The fourth-order valence-corrected chi connectivity index (χ4v) is 2.10. The van der Waals surface area contributed by atoms with Crippen LogP contribution in [0.2, 0.25) is 0 Å². The standard InChI is InChI=1S/C14H21NO/c1-10(2)3-6-14(15)11-4-5-12-8-16-9-13(12)7-11/h4-5,7,10,14H,3,6,8-9,15H2,1-2H3. The molecule has 88 valence electrons. The Morgan fingerprint density at radius 2 is 1.94 bits per heavy atom. The molecular formula is C14H21NO. The van der Waals surface area contributed by atoms with E-state index in [9.17, 15) is 0 Å². The quantitative estimate of drug-likeness (QED) is 0.844. The number of fused-ring (bicyclic) bond motifs is 1. The lowest BCUT2D eigenvalue weighted by Gasteiger charge is -2.14. The van der Waals surface area contributed by atoms with Crippen LogP contribution < -0.4 is 5.73 Å². The molecule has 2 nitrogen and oxygen atoms in total. The average molecular weight is 219 g/mol. The van der Waals surface area contributed by atoms with Crippen LogP contribution in [0.3, 0.4) is 0 Å². The molecule has 1 heterocycles. The van der Waals surface area contributed by atoms with Crippen molar-refractivity contribution in [2.45, 2.75) is 45.9 Å². The van der Waals surface area contributed by atoms with Crippen LogP contribution in [0, 0.1) is 5.92 Å². The van der Waals surface area contributed by atoms with Crippen molar-refractivity contribution in [3.8, 4) is 0 Å². The highest BCUT2D eigenvalue weighted by molar-refractivity contribution is 5.34. The first-order valence-electron chi connectivity index (χ1n) is 6.12. The molecule has 2 rings (SSSR count). The van der Waals surface area contributed by atoms with Gasteiger partial charge in [-0.2, -0.15) is 0 Å². The van der Waals surface area contributed by atoms with Crippen LogP contribution in [0.15, 0.2) is 18.2 Å². The Morgan fingerprint density at radius 1 is 1.19 bits per heavy atom. The molecule has 1 aromatic rings. The van der Waals surface area contributed by atoms with E-state index in [1.807, 2.05) is 0 Å². The van der Waals surface area contributed by atoms with Gasteiger partial charge in [0, 0.05) is 6.04 Å². The second kappa shape index (κ2) is 4.98. The third kappa shape index (κ3) is 2.63. The van der Waals surface area contributed by atoms with Crippen molar-refractivity contribution in [2.24, 2.45) is 11.7 Å². The van der Waals surface area contributed by atoms with Crippen LogP contribution in [-0.4, -0.2) is 0 Å². The maximum absolute atomic E-state index is 6.20. The lowest BCUT2D eigenvalue weighted by molar-refractivity contribution is 0.134. The summed E-state index contributed by atoms with van der Waals surface area (Å²) in [6.07, 6.45) is 2.26. The first-order valence-corrected chi connectivity index (χ1v) is 6.12. The van der Waals surface area contributed by atoms with Gasteiger partial charge in [0.1, 0.15) is 0 Å². The third-order valence-electron chi connectivity index (χ3n) is 3.23. The van der Waals surface area contributed by atoms with Crippen LogP contribution in [0.5, 0.6) is 0 Å². The molecule has 1 aliphatic heterocycles. The van der Waals surface area contributed by atoms with Crippen molar-refractivity contribution in [1.29, 1.82) is 0 Å². The van der Waals surface area contributed by atoms with E-state index in [2.05, 4.69) is 32.0 Å². The van der Waals surface area contributed by atoms with Crippen molar-refractivity contribution < 1.29 is 4.74 Å². The van der Waals surface area contributed by atoms with Gasteiger partial charge in [0.25, 0.3) is 0 Å². The zero-order chi connectivity index (χ0) is 11.5. The lowest BCUT2D eigenvalue weighted by Crippen LogP contribution is -2.11. The summed E-state index contributed by atoms with van der Waals surface area (Å²) < 4.78 is 5.41. The molecule has 2 heteroatoms. The first-order chi connectivity index (χ1) is 7.66. The number of benzene rings is 1. The van der Waals surface area contributed by atoms with Crippen LogP contribution in [0.1, 0.15) is 49.4 Å². The number of ether oxygens (including phenoxy) is 1. The molecule has 0 aromatic heterocycles. The smallest absolute Gasteiger partial charge is 0.0725 e. The molecule has 2 N–H and O–H groups in total. The highest BCUT2D eigenvalue weighted by atomic mass is 16.5. The summed E-state index contributed by atoms with van der Waals surface area (Å²) in [5, 5.41) is 0. The Morgan fingerprint density at radius 3 is 2.69 bits per heavy atom. The Hall–Kier alpha value is -0.860. The second-order valence-corrected chi connectivity index (χ2v) is 5.10. The molecule has 0 saturated carbocycles. The summed E-state index contributed by atoms with van der Waals surface area (Å²) in [5.41, 5.74) is 10.1. The molecule has 1 unspecified atom stereocenters. The number of hydrogen-bond donors (Lipinski definition) is 1. The van der Waals surface area contributed by atoms with E-state index in [1.54, 1.807) is 0 Å². The summed E-state index contributed by atoms with van der Waals surface area (Å²) in [6.45, 7) is 5.99. The van der Waals surface area contributed by atoms with Gasteiger partial charge in [-0.25, -0.2) is 0 Å². The zero-order valence-corrected chi connectivity index (χ0v) is 10.2. The topological polar surface area (TPSA) is 35.2 Å². The van der Waals surface area contributed by atoms with Gasteiger partial charge in [0.05, 0.1) is 13.2 Å². The monoisotopic (exact) mass is 219 g/mol. The molecule has 0 fully saturated rings. The maximum atomic E-state index is 6.20. The highest BCUT2D eigenvalue weighted by Crippen LogP contribution is 2.25. The largest absolute Gasteiger partial charge is 0.372 e. The molecule has 0 spiro atoms. The summed E-state index contributed by atoms with van der Waals surface area (Å²) in [6, 6.07) is 6.70. The van der Waals surface area contributed by atoms with E-state index in [0.29, 0.717) is 0 Å². The molecule has 0 bridgehead atoms. The molecule has 1 aliphatic rings.